The average Bonchev–Trinajstić information content (AvgIpc) is 3.55. The molecular weight excluding hydrogens is 705 g/mol. The second-order valence-corrected chi connectivity index (χ2v) is 14.9. The van der Waals surface area contributed by atoms with Gasteiger partial charge in [-0.05, 0) is 84.8 Å². The van der Waals surface area contributed by atoms with E-state index in [9.17, 15) is 0 Å². The van der Waals surface area contributed by atoms with Crippen LogP contribution in [0, 0.1) is 0 Å². The maximum absolute atomic E-state index is 6.75. The summed E-state index contributed by atoms with van der Waals surface area (Å²) in [5.41, 5.74) is 13.4. The first-order chi connectivity index (χ1) is 28.7. The molecule has 0 saturated heterocycles. The summed E-state index contributed by atoms with van der Waals surface area (Å²) in [6.45, 7) is 0. The van der Waals surface area contributed by atoms with Crippen LogP contribution in [0.1, 0.15) is 23.1 Å². The molecule has 1 aliphatic heterocycles. The molecule has 3 heteroatoms. The van der Waals surface area contributed by atoms with E-state index in [-0.39, 0.29) is 0 Å². The van der Waals surface area contributed by atoms with Crippen LogP contribution in [0.3, 0.4) is 0 Å². The van der Waals surface area contributed by atoms with Crippen molar-refractivity contribution >= 4 is 60.7 Å². The van der Waals surface area contributed by atoms with E-state index >= 15 is 0 Å². The number of allylic oxidation sites excluding steroid dienone is 1. The highest BCUT2D eigenvalue weighted by Crippen LogP contribution is 2.40. The Morgan fingerprint density at radius 1 is 0.379 bits per heavy atom. The molecule has 3 nitrogen and oxygen atoms in total. The first kappa shape index (κ1) is 33.7. The summed E-state index contributed by atoms with van der Waals surface area (Å²) >= 11 is 0. The molecule has 0 amide bonds. The first-order valence-corrected chi connectivity index (χ1v) is 19.8. The molecule has 0 saturated carbocycles. The van der Waals surface area contributed by atoms with Gasteiger partial charge in [0, 0.05) is 28.3 Å². The number of fused-ring (bicyclic) bond motifs is 5. The topological polar surface area (TPSA) is 37.9 Å². The number of para-hydroxylation sites is 1. The van der Waals surface area contributed by atoms with Crippen LogP contribution in [-0.2, 0) is 0 Å². The van der Waals surface area contributed by atoms with Gasteiger partial charge in [0.25, 0.3) is 0 Å². The Morgan fingerprint density at radius 3 is 1.81 bits per heavy atom. The van der Waals surface area contributed by atoms with E-state index < -0.39 is 0 Å². The molecule has 0 bridgehead atoms. The van der Waals surface area contributed by atoms with Gasteiger partial charge >= 0.3 is 0 Å². The van der Waals surface area contributed by atoms with Gasteiger partial charge in [0.1, 0.15) is 11.2 Å². The normalized spacial score (nSPS) is 13.1. The summed E-state index contributed by atoms with van der Waals surface area (Å²) in [5.74, 6) is 0.660. The minimum absolute atomic E-state index is 0.632. The van der Waals surface area contributed by atoms with Gasteiger partial charge in [0.15, 0.2) is 5.84 Å². The Balaban J connectivity index is 1.07. The van der Waals surface area contributed by atoms with E-state index in [1.165, 1.54) is 43.8 Å². The van der Waals surface area contributed by atoms with Crippen molar-refractivity contribution in [1.29, 1.82) is 0 Å². The van der Waals surface area contributed by atoms with Crippen molar-refractivity contribution in [3.63, 3.8) is 0 Å². The molecule has 2 heterocycles. The Labute approximate surface area is 336 Å². The lowest BCUT2D eigenvalue weighted by molar-refractivity contribution is 0.670. The van der Waals surface area contributed by atoms with Gasteiger partial charge in [0.05, 0.1) is 11.4 Å². The van der Waals surface area contributed by atoms with Crippen molar-refractivity contribution in [1.82, 2.24) is 0 Å². The highest BCUT2D eigenvalue weighted by Gasteiger charge is 2.22. The summed E-state index contributed by atoms with van der Waals surface area (Å²) in [7, 11) is 0. The lowest BCUT2D eigenvalue weighted by Gasteiger charge is -2.11. The quantitative estimate of drug-likeness (QED) is 0.167. The largest absolute Gasteiger partial charge is 0.455 e. The Morgan fingerprint density at radius 2 is 0.983 bits per heavy atom. The Bertz CT molecular complexity index is 3270. The van der Waals surface area contributed by atoms with E-state index in [0.717, 1.165) is 61.2 Å². The molecule has 0 N–H and O–H groups in total. The molecule has 1 aliphatic rings. The number of nitrogens with zero attached hydrogens (tertiary/aromatic N) is 2. The Hall–Kier alpha value is -7.62. The van der Waals surface area contributed by atoms with E-state index in [2.05, 4.69) is 188 Å². The number of hydrogen-bond acceptors (Lipinski definition) is 3. The highest BCUT2D eigenvalue weighted by molar-refractivity contribution is 6.24. The number of aliphatic imine (C=N–C) groups is 2. The predicted molar refractivity (Wildman–Crippen MR) is 244 cm³/mol. The molecule has 0 atom stereocenters. The Kier molecular flexibility index (Phi) is 8.22. The van der Waals surface area contributed by atoms with Gasteiger partial charge in [0.2, 0.25) is 0 Å². The molecule has 0 unspecified atom stereocenters. The summed E-state index contributed by atoms with van der Waals surface area (Å²) in [5, 5.41) is 6.91. The van der Waals surface area contributed by atoms with Gasteiger partial charge in [-0.3, -0.25) is 0 Å². The number of rotatable bonds is 6. The zero-order valence-corrected chi connectivity index (χ0v) is 31.6. The predicted octanol–water partition coefficient (Wildman–Crippen LogP) is 14.6. The third-order valence-electron chi connectivity index (χ3n) is 11.4. The van der Waals surface area contributed by atoms with Gasteiger partial charge in [-0.25, -0.2) is 9.98 Å². The molecular formula is C55H36N2O. The molecule has 0 fully saturated rings. The number of furan rings is 1. The highest BCUT2D eigenvalue weighted by atomic mass is 16.3. The number of amidine groups is 1. The molecule has 0 radical (unpaired) electrons. The molecule has 11 rings (SSSR count). The van der Waals surface area contributed by atoms with Gasteiger partial charge in [-0.15, -0.1) is 0 Å². The van der Waals surface area contributed by atoms with Crippen LogP contribution in [0.2, 0.25) is 0 Å². The maximum Gasteiger partial charge on any atom is 0.160 e. The minimum atomic E-state index is 0.632. The fourth-order valence-corrected chi connectivity index (χ4v) is 8.42. The fourth-order valence-electron chi connectivity index (χ4n) is 8.42. The summed E-state index contributed by atoms with van der Waals surface area (Å²) < 4.78 is 6.75. The van der Waals surface area contributed by atoms with Crippen LogP contribution < -0.4 is 0 Å². The van der Waals surface area contributed by atoms with Crippen LogP contribution >= 0.6 is 0 Å². The maximum atomic E-state index is 6.75. The van der Waals surface area contributed by atoms with Crippen molar-refractivity contribution in [2.75, 3.05) is 0 Å². The van der Waals surface area contributed by atoms with Crippen molar-refractivity contribution in [2.24, 2.45) is 9.98 Å². The minimum Gasteiger partial charge on any atom is -0.455 e. The number of benzene rings is 9. The zero-order valence-electron chi connectivity index (χ0n) is 31.6. The molecule has 10 aromatic rings. The van der Waals surface area contributed by atoms with Crippen molar-refractivity contribution in [3.8, 4) is 33.4 Å². The smallest absolute Gasteiger partial charge is 0.160 e. The SMILES string of the molecule is C1=C(c2ccc(-c3cccc4ccccc34)cc2)N=C(c2ccc(-c3ccc(-c4ccccc4)cc3)c3oc4ccccc4c23)N=C(c2ccc3ccccc3c2)C1. The van der Waals surface area contributed by atoms with Gasteiger partial charge < -0.3 is 4.42 Å². The van der Waals surface area contributed by atoms with Crippen LogP contribution in [-0.4, -0.2) is 11.5 Å². The lowest BCUT2D eigenvalue weighted by atomic mass is 9.96. The van der Waals surface area contributed by atoms with Crippen LogP contribution in [0.25, 0.3) is 82.6 Å². The zero-order chi connectivity index (χ0) is 38.4. The molecule has 0 aliphatic carbocycles. The standard InChI is InChI=1S/C55H36N2O/c1-2-11-36(12-3-1)38-21-24-41(25-22-38)47-31-32-49(53-48-18-8-9-20-52(48)58-54(47)53)55-56-50(33-34-51(57-55)44-30-23-37-13-4-5-15-43(37)35-44)42-28-26-40(27-29-42)46-19-10-16-39-14-6-7-17-45(39)46/h1-33,35H,34H2. The van der Waals surface area contributed by atoms with Crippen molar-refractivity contribution in [2.45, 2.75) is 6.42 Å². The van der Waals surface area contributed by atoms with Crippen LogP contribution in [0.4, 0.5) is 0 Å². The van der Waals surface area contributed by atoms with E-state index in [1.807, 2.05) is 18.2 Å². The molecule has 272 valence electrons. The van der Waals surface area contributed by atoms with Crippen molar-refractivity contribution in [3.05, 3.63) is 223 Å². The van der Waals surface area contributed by atoms with E-state index in [1.54, 1.807) is 0 Å². The van der Waals surface area contributed by atoms with Crippen molar-refractivity contribution < 1.29 is 4.42 Å². The molecule has 58 heavy (non-hydrogen) atoms. The monoisotopic (exact) mass is 740 g/mol. The summed E-state index contributed by atoms with van der Waals surface area (Å²) in [6, 6.07) is 70.8. The number of hydrogen-bond donors (Lipinski definition) is 0. The summed E-state index contributed by atoms with van der Waals surface area (Å²) in [4.78, 5) is 10.9. The van der Waals surface area contributed by atoms with Gasteiger partial charge in [-0.1, -0.05) is 182 Å². The third kappa shape index (κ3) is 6.01. The second kappa shape index (κ2) is 14.1. The molecule has 0 spiro atoms. The average molecular weight is 741 g/mol. The van der Waals surface area contributed by atoms with Crippen LogP contribution in [0.5, 0.6) is 0 Å². The fraction of sp³-hybridized carbons (Fsp3) is 0.0182. The molecule has 1 aromatic heterocycles. The van der Waals surface area contributed by atoms with E-state index in [4.69, 9.17) is 14.4 Å². The lowest BCUT2D eigenvalue weighted by Crippen LogP contribution is -2.05. The molecule has 9 aromatic carbocycles. The summed E-state index contributed by atoms with van der Waals surface area (Å²) in [6.07, 6.45) is 2.86. The van der Waals surface area contributed by atoms with E-state index in [0.29, 0.717) is 12.3 Å². The van der Waals surface area contributed by atoms with Crippen LogP contribution in [0.15, 0.2) is 221 Å². The second-order valence-electron chi connectivity index (χ2n) is 14.9. The first-order valence-electron chi connectivity index (χ1n) is 19.8. The van der Waals surface area contributed by atoms with Gasteiger partial charge in [-0.2, -0.15) is 0 Å². The third-order valence-corrected chi connectivity index (χ3v) is 11.4.